The van der Waals surface area contributed by atoms with Crippen molar-refractivity contribution in [3.05, 3.63) is 0 Å². The lowest BCUT2D eigenvalue weighted by atomic mass is 9.95. The molecule has 0 radical (unpaired) electrons. The molecule has 0 aromatic carbocycles. The summed E-state index contributed by atoms with van der Waals surface area (Å²) in [6.45, 7) is 9.00. The van der Waals surface area contributed by atoms with Gasteiger partial charge in [0.05, 0.1) is 0 Å². The Morgan fingerprint density at radius 2 is 2.00 bits per heavy atom. The molecule has 0 spiro atoms. The molecule has 0 aromatic rings. The van der Waals surface area contributed by atoms with E-state index in [4.69, 9.17) is 0 Å². The number of aliphatic imine (C=N–C) groups is 1. The van der Waals surface area contributed by atoms with Gasteiger partial charge in [-0.05, 0) is 19.3 Å². The number of nitrogens with one attached hydrogen (secondary N) is 2. The first-order chi connectivity index (χ1) is 11.7. The maximum Gasteiger partial charge on any atom is 0.191 e. The van der Waals surface area contributed by atoms with Crippen molar-refractivity contribution in [2.45, 2.75) is 49.9 Å². The molecular weight excluding hydrogens is 449 g/mol. The van der Waals surface area contributed by atoms with E-state index in [0.717, 1.165) is 43.9 Å². The summed E-state index contributed by atoms with van der Waals surface area (Å²) in [5, 5.41) is 7.45. The first kappa shape index (κ1) is 21.4. The van der Waals surface area contributed by atoms with Crippen molar-refractivity contribution in [3.63, 3.8) is 0 Å². The van der Waals surface area contributed by atoms with Crippen LogP contribution in [0.5, 0.6) is 0 Å². The second-order valence-corrected chi connectivity index (χ2v) is 9.25. The Hall–Kier alpha value is 0.0700. The van der Waals surface area contributed by atoms with Gasteiger partial charge in [-0.25, -0.2) is 0 Å². The number of hydrogen-bond donors (Lipinski definition) is 2. The van der Waals surface area contributed by atoms with E-state index in [1.54, 1.807) is 0 Å². The second-order valence-electron chi connectivity index (χ2n) is 7.24. The Morgan fingerprint density at radius 3 is 2.60 bits per heavy atom. The number of halogens is 1. The highest BCUT2D eigenvalue weighted by Gasteiger charge is 2.32. The Labute approximate surface area is 172 Å². The quantitative estimate of drug-likeness (QED) is 0.345. The molecule has 1 aliphatic carbocycles. The number of guanidine groups is 1. The summed E-state index contributed by atoms with van der Waals surface area (Å²) in [7, 11) is 1.17. The van der Waals surface area contributed by atoms with Crippen LogP contribution < -0.4 is 10.6 Å². The molecule has 3 aliphatic heterocycles. The van der Waals surface area contributed by atoms with Crippen LogP contribution in [-0.4, -0.2) is 89.4 Å². The van der Waals surface area contributed by atoms with Gasteiger partial charge in [0.25, 0.3) is 0 Å². The predicted molar refractivity (Wildman–Crippen MR) is 116 cm³/mol. The van der Waals surface area contributed by atoms with E-state index < -0.39 is 10.8 Å². The van der Waals surface area contributed by atoms with Crippen LogP contribution in [-0.2, 0) is 10.8 Å². The van der Waals surface area contributed by atoms with E-state index in [-0.39, 0.29) is 24.0 Å². The van der Waals surface area contributed by atoms with Crippen LogP contribution in [0.15, 0.2) is 4.99 Å². The maximum atomic E-state index is 12.1. The SMILES string of the molecule is CCS(=O)C1CCCC(NC(=NC)NCC2CN3CCN2CC3)C1.I. The lowest BCUT2D eigenvalue weighted by Gasteiger charge is -2.47. The van der Waals surface area contributed by atoms with Crippen molar-refractivity contribution in [3.8, 4) is 0 Å². The Bertz CT molecular complexity index is 470. The van der Waals surface area contributed by atoms with Crippen molar-refractivity contribution in [1.82, 2.24) is 20.4 Å². The van der Waals surface area contributed by atoms with Gasteiger partial charge in [0, 0.05) is 80.2 Å². The maximum absolute atomic E-state index is 12.1. The summed E-state index contributed by atoms with van der Waals surface area (Å²) in [4.78, 5) is 9.57. The van der Waals surface area contributed by atoms with Crippen LogP contribution in [0, 0.1) is 0 Å². The first-order valence-electron chi connectivity index (χ1n) is 9.50. The smallest absolute Gasteiger partial charge is 0.191 e. The Balaban J connectivity index is 0.00000225. The zero-order chi connectivity index (χ0) is 16.9. The van der Waals surface area contributed by atoms with Crippen molar-refractivity contribution in [2.24, 2.45) is 4.99 Å². The van der Waals surface area contributed by atoms with Gasteiger partial charge in [0.1, 0.15) is 0 Å². The summed E-state index contributed by atoms with van der Waals surface area (Å²) in [6.07, 6.45) is 4.43. The van der Waals surface area contributed by atoms with Crippen LogP contribution in [0.3, 0.4) is 0 Å². The van der Waals surface area contributed by atoms with Gasteiger partial charge in [-0.2, -0.15) is 0 Å². The van der Waals surface area contributed by atoms with Crippen molar-refractivity contribution in [1.29, 1.82) is 0 Å². The Kier molecular flexibility index (Phi) is 8.90. The van der Waals surface area contributed by atoms with E-state index in [9.17, 15) is 4.21 Å². The van der Waals surface area contributed by atoms with Gasteiger partial charge < -0.3 is 10.6 Å². The fourth-order valence-electron chi connectivity index (χ4n) is 4.27. The number of piperazine rings is 3. The average Bonchev–Trinajstić information content (AvgIpc) is 2.65. The molecule has 3 heterocycles. The third kappa shape index (κ3) is 5.77. The molecule has 0 amide bonds. The predicted octanol–water partition coefficient (Wildman–Crippen LogP) is 0.849. The first-order valence-corrected chi connectivity index (χ1v) is 10.9. The van der Waals surface area contributed by atoms with Crippen molar-refractivity contribution in [2.75, 3.05) is 52.1 Å². The van der Waals surface area contributed by atoms with Gasteiger partial charge in [0.2, 0.25) is 0 Å². The monoisotopic (exact) mass is 483 g/mol. The number of fused-ring (bicyclic) bond motifs is 3. The molecule has 2 N–H and O–H groups in total. The van der Waals surface area contributed by atoms with Gasteiger partial charge in [-0.1, -0.05) is 13.3 Å². The molecule has 2 bridgehead atoms. The molecule has 6 nitrogen and oxygen atoms in total. The summed E-state index contributed by atoms with van der Waals surface area (Å²) in [5.74, 6) is 1.68. The van der Waals surface area contributed by atoms with E-state index in [0.29, 0.717) is 17.3 Å². The van der Waals surface area contributed by atoms with Gasteiger partial charge in [-0.3, -0.25) is 19.0 Å². The molecule has 25 heavy (non-hydrogen) atoms. The second kappa shape index (κ2) is 10.4. The number of rotatable bonds is 5. The van der Waals surface area contributed by atoms with E-state index >= 15 is 0 Å². The average molecular weight is 483 g/mol. The summed E-state index contributed by atoms with van der Waals surface area (Å²) >= 11 is 0. The molecule has 4 fully saturated rings. The van der Waals surface area contributed by atoms with Gasteiger partial charge in [-0.15, -0.1) is 24.0 Å². The van der Waals surface area contributed by atoms with E-state index in [1.807, 2.05) is 14.0 Å². The highest BCUT2D eigenvalue weighted by molar-refractivity contribution is 14.0. The summed E-state index contributed by atoms with van der Waals surface area (Å²) in [6, 6.07) is 0.995. The molecule has 4 atom stereocenters. The molecule has 8 heteroatoms. The minimum Gasteiger partial charge on any atom is -0.355 e. The highest BCUT2D eigenvalue weighted by Crippen LogP contribution is 2.23. The molecular formula is C17H34IN5OS. The zero-order valence-electron chi connectivity index (χ0n) is 15.6. The Morgan fingerprint density at radius 1 is 1.24 bits per heavy atom. The van der Waals surface area contributed by atoms with Crippen LogP contribution in [0.4, 0.5) is 0 Å². The molecule has 0 aromatic heterocycles. The van der Waals surface area contributed by atoms with E-state index in [1.165, 1.54) is 32.7 Å². The molecule has 146 valence electrons. The molecule has 4 aliphatic rings. The summed E-state index contributed by atoms with van der Waals surface area (Å²) < 4.78 is 12.1. The largest absolute Gasteiger partial charge is 0.355 e. The van der Waals surface area contributed by atoms with Gasteiger partial charge in [0.15, 0.2) is 5.96 Å². The third-order valence-corrected chi connectivity index (χ3v) is 7.48. The van der Waals surface area contributed by atoms with Crippen LogP contribution >= 0.6 is 24.0 Å². The van der Waals surface area contributed by atoms with Crippen LogP contribution in [0.1, 0.15) is 32.6 Å². The third-order valence-electron chi connectivity index (χ3n) is 5.74. The van der Waals surface area contributed by atoms with Crippen molar-refractivity contribution >= 4 is 40.7 Å². The zero-order valence-corrected chi connectivity index (χ0v) is 18.7. The number of nitrogens with zero attached hydrogens (tertiary/aromatic N) is 3. The minimum atomic E-state index is -0.672. The fraction of sp³-hybridized carbons (Fsp3) is 0.941. The summed E-state index contributed by atoms with van der Waals surface area (Å²) in [5.41, 5.74) is 0. The van der Waals surface area contributed by atoms with Crippen molar-refractivity contribution < 1.29 is 4.21 Å². The van der Waals surface area contributed by atoms with E-state index in [2.05, 4.69) is 25.4 Å². The normalized spacial score (nSPS) is 36.4. The topological polar surface area (TPSA) is 60.0 Å². The van der Waals surface area contributed by atoms with Crippen LogP contribution in [0.25, 0.3) is 0 Å². The fourth-order valence-corrected chi connectivity index (χ4v) is 5.62. The number of hydrogen-bond acceptors (Lipinski definition) is 4. The molecule has 1 saturated carbocycles. The lowest BCUT2D eigenvalue weighted by Crippen LogP contribution is -2.64. The van der Waals surface area contributed by atoms with Crippen LogP contribution in [0.2, 0.25) is 0 Å². The molecule has 4 unspecified atom stereocenters. The minimum absolute atomic E-state index is 0. The highest BCUT2D eigenvalue weighted by atomic mass is 127. The molecule has 4 rings (SSSR count). The lowest BCUT2D eigenvalue weighted by molar-refractivity contribution is 0.0154. The van der Waals surface area contributed by atoms with Gasteiger partial charge >= 0.3 is 0 Å². The standard InChI is InChI=1S/C17H33N5OS.HI/c1-3-24(23)16-6-4-5-14(11-16)20-17(18-2)19-12-15-13-21-7-9-22(15)10-8-21;/h14-16H,3-13H2,1-2H3,(H2,18,19,20);1H. The molecule has 3 saturated heterocycles.